The number of rotatable bonds is 3. The van der Waals surface area contributed by atoms with Gasteiger partial charge in [0.05, 0.1) is 18.4 Å². The summed E-state index contributed by atoms with van der Waals surface area (Å²) >= 11 is 5.78. The molecule has 1 aromatic carbocycles. The molecule has 0 N–H and O–H groups in total. The van der Waals surface area contributed by atoms with E-state index in [-0.39, 0.29) is 23.0 Å². The van der Waals surface area contributed by atoms with Gasteiger partial charge < -0.3 is 9.30 Å². The first-order valence-electron chi connectivity index (χ1n) is 6.03. The van der Waals surface area contributed by atoms with Gasteiger partial charge in [-0.1, -0.05) is 11.6 Å². The monoisotopic (exact) mass is 317 g/mol. The third-order valence-electron chi connectivity index (χ3n) is 2.99. The minimum atomic E-state index is -1.13. The Labute approximate surface area is 123 Å². The zero-order chi connectivity index (χ0) is 15.7. The molecule has 0 unspecified atom stereocenters. The van der Waals surface area contributed by atoms with Crippen molar-refractivity contribution in [2.24, 2.45) is 0 Å². The van der Waals surface area contributed by atoms with Gasteiger partial charge in [0.15, 0.2) is 0 Å². The van der Waals surface area contributed by atoms with Gasteiger partial charge in [-0.05, 0) is 6.92 Å². The molecule has 112 valence electrons. The highest BCUT2D eigenvalue weighted by molar-refractivity contribution is 6.30. The lowest BCUT2D eigenvalue weighted by atomic mass is 10.1. The number of aromatic nitrogens is 1. The van der Waals surface area contributed by atoms with Gasteiger partial charge in [0.1, 0.15) is 28.2 Å². The van der Waals surface area contributed by atoms with E-state index in [4.69, 9.17) is 16.3 Å². The van der Waals surface area contributed by atoms with Gasteiger partial charge in [-0.15, -0.1) is 0 Å². The largest absolute Gasteiger partial charge is 0.494 e. The fraction of sp³-hybridized carbons (Fsp3) is 0.214. The second-order valence-electron chi connectivity index (χ2n) is 4.20. The maximum atomic E-state index is 14.0. The standard InChI is InChI=1S/C14H11ClF3NO2/c1-3-19-13(11(21-2)6-8(15)14(19)20)12-9(17)4-7(16)5-10(12)18/h4-6H,3H2,1-2H3. The molecular weight excluding hydrogens is 307 g/mol. The molecule has 1 heterocycles. The summed E-state index contributed by atoms with van der Waals surface area (Å²) in [6, 6.07) is 2.25. The molecule has 2 aromatic rings. The Morgan fingerprint density at radius 2 is 1.76 bits per heavy atom. The van der Waals surface area contributed by atoms with E-state index in [2.05, 4.69) is 0 Å². The number of benzene rings is 1. The van der Waals surface area contributed by atoms with E-state index in [0.29, 0.717) is 12.1 Å². The maximum Gasteiger partial charge on any atom is 0.270 e. The van der Waals surface area contributed by atoms with Gasteiger partial charge in [-0.25, -0.2) is 13.2 Å². The summed E-state index contributed by atoms with van der Waals surface area (Å²) in [4.78, 5) is 12.0. The van der Waals surface area contributed by atoms with E-state index >= 15 is 0 Å². The topological polar surface area (TPSA) is 31.2 Å². The SMILES string of the molecule is CCn1c(-c2c(F)cc(F)cc2F)c(OC)cc(Cl)c1=O. The van der Waals surface area contributed by atoms with Crippen molar-refractivity contribution in [3.63, 3.8) is 0 Å². The van der Waals surface area contributed by atoms with Crippen LogP contribution in [0, 0.1) is 17.5 Å². The molecule has 0 saturated carbocycles. The maximum absolute atomic E-state index is 14.0. The van der Waals surface area contributed by atoms with Crippen molar-refractivity contribution in [2.45, 2.75) is 13.5 Å². The zero-order valence-electron chi connectivity index (χ0n) is 11.2. The summed E-state index contributed by atoms with van der Waals surface area (Å²) in [5.74, 6) is -3.29. The zero-order valence-corrected chi connectivity index (χ0v) is 12.0. The Balaban J connectivity index is 2.93. The third-order valence-corrected chi connectivity index (χ3v) is 3.26. The van der Waals surface area contributed by atoms with E-state index in [1.807, 2.05) is 0 Å². The summed E-state index contributed by atoms with van der Waals surface area (Å²) in [5, 5.41) is -0.139. The number of hydrogen-bond acceptors (Lipinski definition) is 2. The minimum Gasteiger partial charge on any atom is -0.494 e. The molecule has 2 rings (SSSR count). The van der Waals surface area contributed by atoms with Crippen molar-refractivity contribution < 1.29 is 17.9 Å². The van der Waals surface area contributed by atoms with Crippen molar-refractivity contribution in [2.75, 3.05) is 7.11 Å². The molecule has 0 bridgehead atoms. The van der Waals surface area contributed by atoms with E-state index in [0.717, 1.165) is 4.57 Å². The van der Waals surface area contributed by atoms with E-state index in [9.17, 15) is 18.0 Å². The Bertz CT molecular complexity index is 736. The summed E-state index contributed by atoms with van der Waals surface area (Å²) in [6.45, 7) is 1.72. The second kappa shape index (κ2) is 5.81. The molecule has 7 heteroatoms. The highest BCUT2D eigenvalue weighted by Gasteiger charge is 2.22. The van der Waals surface area contributed by atoms with Crippen LogP contribution in [0.5, 0.6) is 5.75 Å². The van der Waals surface area contributed by atoms with Gasteiger partial charge in [0, 0.05) is 24.7 Å². The first-order valence-corrected chi connectivity index (χ1v) is 6.40. The molecule has 0 aliphatic rings. The molecule has 1 aromatic heterocycles. The van der Waals surface area contributed by atoms with Gasteiger partial charge in [-0.2, -0.15) is 0 Å². The van der Waals surface area contributed by atoms with Crippen molar-refractivity contribution in [1.29, 1.82) is 0 Å². The number of ether oxygens (including phenoxy) is 1. The van der Waals surface area contributed by atoms with Crippen LogP contribution in [0.2, 0.25) is 5.02 Å². The van der Waals surface area contributed by atoms with Crippen molar-refractivity contribution in [1.82, 2.24) is 4.57 Å². The van der Waals surface area contributed by atoms with Gasteiger partial charge >= 0.3 is 0 Å². The molecule has 0 saturated heterocycles. The van der Waals surface area contributed by atoms with Gasteiger partial charge in [-0.3, -0.25) is 4.79 Å². The summed E-state index contributed by atoms with van der Waals surface area (Å²) in [5.41, 5.74) is -1.27. The first kappa shape index (κ1) is 15.4. The number of hydrogen-bond donors (Lipinski definition) is 0. The normalized spacial score (nSPS) is 10.8. The van der Waals surface area contributed by atoms with Crippen molar-refractivity contribution in [3.05, 3.63) is 51.0 Å². The van der Waals surface area contributed by atoms with Crippen LogP contribution in [-0.4, -0.2) is 11.7 Å². The number of pyridine rings is 1. The molecule has 0 aliphatic carbocycles. The summed E-state index contributed by atoms with van der Waals surface area (Å²) < 4.78 is 47.1. The van der Waals surface area contributed by atoms with Crippen LogP contribution in [-0.2, 0) is 6.54 Å². The van der Waals surface area contributed by atoms with Gasteiger partial charge in [0.2, 0.25) is 0 Å². The molecule has 3 nitrogen and oxygen atoms in total. The number of methoxy groups -OCH3 is 1. The number of nitrogens with zero attached hydrogens (tertiary/aromatic N) is 1. The number of halogens is 4. The smallest absolute Gasteiger partial charge is 0.270 e. The van der Waals surface area contributed by atoms with Crippen molar-refractivity contribution >= 4 is 11.6 Å². The highest BCUT2D eigenvalue weighted by atomic mass is 35.5. The molecule has 0 atom stereocenters. The van der Waals surface area contributed by atoms with Crippen LogP contribution in [0.3, 0.4) is 0 Å². The highest BCUT2D eigenvalue weighted by Crippen LogP contribution is 2.34. The second-order valence-corrected chi connectivity index (χ2v) is 4.61. The average molecular weight is 318 g/mol. The van der Waals surface area contributed by atoms with Crippen LogP contribution in [0.15, 0.2) is 23.0 Å². The quantitative estimate of drug-likeness (QED) is 0.866. The van der Waals surface area contributed by atoms with Crippen LogP contribution in [0.4, 0.5) is 13.2 Å². The fourth-order valence-corrected chi connectivity index (χ4v) is 2.29. The Morgan fingerprint density at radius 1 is 1.19 bits per heavy atom. The molecule has 0 aliphatic heterocycles. The van der Waals surface area contributed by atoms with Crippen LogP contribution < -0.4 is 10.3 Å². The van der Waals surface area contributed by atoms with Gasteiger partial charge in [0.25, 0.3) is 5.56 Å². The molecule has 0 spiro atoms. The third kappa shape index (κ3) is 2.63. The fourth-order valence-electron chi connectivity index (χ4n) is 2.09. The van der Waals surface area contributed by atoms with E-state index in [1.165, 1.54) is 13.2 Å². The predicted octanol–water partition coefficient (Wildman–Crippen LogP) is 3.61. The average Bonchev–Trinajstić information content (AvgIpc) is 2.41. The lowest BCUT2D eigenvalue weighted by Gasteiger charge is -2.17. The van der Waals surface area contributed by atoms with Crippen LogP contribution >= 0.6 is 11.6 Å². The minimum absolute atomic E-state index is 0.0193. The van der Waals surface area contributed by atoms with E-state index < -0.39 is 28.6 Å². The lowest BCUT2D eigenvalue weighted by Crippen LogP contribution is -2.22. The lowest BCUT2D eigenvalue weighted by molar-refractivity contribution is 0.410. The van der Waals surface area contributed by atoms with E-state index in [1.54, 1.807) is 6.92 Å². The van der Waals surface area contributed by atoms with Crippen molar-refractivity contribution in [3.8, 4) is 17.0 Å². The Morgan fingerprint density at radius 3 is 2.24 bits per heavy atom. The first-order chi connectivity index (χ1) is 9.90. The molecular formula is C14H11ClF3NO2. The molecule has 21 heavy (non-hydrogen) atoms. The molecule has 0 radical (unpaired) electrons. The molecule has 0 fully saturated rings. The molecule has 0 amide bonds. The Hall–Kier alpha value is -1.95. The van der Waals surface area contributed by atoms with Crippen LogP contribution in [0.25, 0.3) is 11.3 Å². The summed E-state index contributed by atoms with van der Waals surface area (Å²) in [7, 11) is 1.28. The summed E-state index contributed by atoms with van der Waals surface area (Å²) in [6.07, 6.45) is 0. The van der Waals surface area contributed by atoms with Crippen LogP contribution in [0.1, 0.15) is 6.92 Å². The predicted molar refractivity (Wildman–Crippen MR) is 73.2 cm³/mol. The Kier molecular flexibility index (Phi) is 4.27.